The van der Waals surface area contributed by atoms with Crippen LogP contribution in [-0.4, -0.2) is 41.2 Å². The molecule has 0 fully saturated rings. The van der Waals surface area contributed by atoms with Gasteiger partial charge in [0.1, 0.15) is 46.3 Å². The summed E-state index contributed by atoms with van der Waals surface area (Å²) in [6.07, 6.45) is -0.661. The van der Waals surface area contributed by atoms with Crippen LogP contribution < -0.4 is 11.1 Å². The number of nitrogens with zero attached hydrogens (tertiary/aromatic N) is 6. The molecule has 0 aliphatic heterocycles. The van der Waals surface area contributed by atoms with Gasteiger partial charge in [-0.3, -0.25) is 0 Å². The van der Waals surface area contributed by atoms with E-state index < -0.39 is 58.3 Å². The van der Waals surface area contributed by atoms with Crippen molar-refractivity contribution in [2.24, 2.45) is 16.6 Å². The fraction of sp³-hybridized carbons (Fsp3) is 0.356. The molecule has 2 atom stereocenters. The summed E-state index contributed by atoms with van der Waals surface area (Å²) in [5.41, 5.74) is 5.79. The Morgan fingerprint density at radius 1 is 0.623 bits per heavy atom. The van der Waals surface area contributed by atoms with Crippen molar-refractivity contribution in [1.29, 1.82) is 0 Å². The minimum absolute atomic E-state index is 0.0399. The van der Waals surface area contributed by atoms with Crippen LogP contribution in [0, 0.1) is 45.7 Å². The van der Waals surface area contributed by atoms with Crippen LogP contribution in [0.15, 0.2) is 84.9 Å². The second-order valence-corrected chi connectivity index (χ2v) is 17.7. The molecule has 0 radical (unpaired) electrons. The summed E-state index contributed by atoms with van der Waals surface area (Å²) in [7, 11) is 0. The van der Waals surface area contributed by atoms with Crippen LogP contribution in [0.1, 0.15) is 97.2 Å². The number of hydrogen-bond donors (Lipinski definition) is 2. The van der Waals surface area contributed by atoms with Crippen molar-refractivity contribution in [2.45, 2.75) is 93.1 Å². The summed E-state index contributed by atoms with van der Waals surface area (Å²) in [6.45, 7) is 17.0. The Morgan fingerprint density at radius 3 is 1.46 bits per heavy atom. The lowest BCUT2D eigenvalue weighted by Crippen LogP contribution is -2.41. The molecule has 3 N–H and O–H groups in total. The Bertz CT molecular complexity index is 2480. The molecule has 2 heterocycles. The number of benzene rings is 4. The van der Waals surface area contributed by atoms with E-state index >= 15 is 0 Å². The average molecular weight is 849 g/mol. The van der Waals surface area contributed by atoms with E-state index in [2.05, 4.69) is 25.5 Å². The van der Waals surface area contributed by atoms with Crippen LogP contribution in [0.4, 0.5) is 31.1 Å². The smallest absolute Gasteiger partial charge is 0.408 e. The largest absolute Gasteiger partial charge is 0.444 e. The molecule has 0 saturated heterocycles. The van der Waals surface area contributed by atoms with Gasteiger partial charge in [0.05, 0.1) is 36.3 Å². The third-order valence-corrected chi connectivity index (χ3v) is 9.18. The summed E-state index contributed by atoms with van der Waals surface area (Å²) >= 11 is 0. The van der Waals surface area contributed by atoms with Crippen molar-refractivity contribution >= 4 is 6.09 Å². The van der Waals surface area contributed by atoms with Crippen LogP contribution in [-0.2, 0) is 17.8 Å². The van der Waals surface area contributed by atoms with Gasteiger partial charge in [-0.15, -0.1) is 0 Å². The number of rotatable bonds is 9. The van der Waals surface area contributed by atoms with E-state index in [1.807, 2.05) is 41.5 Å². The highest BCUT2D eigenvalue weighted by Crippen LogP contribution is 2.35. The maximum atomic E-state index is 14.5. The van der Waals surface area contributed by atoms with E-state index in [-0.39, 0.29) is 47.1 Å². The van der Waals surface area contributed by atoms with Crippen molar-refractivity contribution in [2.75, 3.05) is 0 Å². The third kappa shape index (κ3) is 12.3. The van der Waals surface area contributed by atoms with Crippen molar-refractivity contribution in [3.05, 3.63) is 143 Å². The first-order chi connectivity index (χ1) is 28.4. The van der Waals surface area contributed by atoms with Crippen LogP contribution >= 0.6 is 0 Å². The Hall–Kier alpha value is -6.03. The number of nitrogens with two attached hydrogens (primary N) is 1. The Morgan fingerprint density at radius 2 is 1.05 bits per heavy atom. The van der Waals surface area contributed by atoms with Gasteiger partial charge < -0.3 is 15.8 Å². The first kappa shape index (κ1) is 46.0. The van der Waals surface area contributed by atoms with E-state index in [1.165, 1.54) is 33.6 Å². The van der Waals surface area contributed by atoms with Gasteiger partial charge in [0.2, 0.25) is 0 Å². The quantitative estimate of drug-likeness (QED) is 0.139. The molecule has 324 valence electrons. The second-order valence-electron chi connectivity index (χ2n) is 17.7. The Labute approximate surface area is 351 Å². The predicted octanol–water partition coefficient (Wildman–Crippen LogP) is 10.5. The molecule has 0 unspecified atom stereocenters. The molecule has 6 aromatic rings. The highest BCUT2D eigenvalue weighted by molar-refractivity contribution is 5.68. The number of carbonyl (C=O) groups excluding carboxylic acids is 1. The molecule has 2 aromatic heterocycles. The highest BCUT2D eigenvalue weighted by Gasteiger charge is 2.35. The second kappa shape index (κ2) is 18.3. The number of aromatic nitrogens is 6. The number of carbonyl (C=O) groups is 1. The van der Waals surface area contributed by atoms with Crippen molar-refractivity contribution in [3.63, 3.8) is 0 Å². The van der Waals surface area contributed by atoms with Gasteiger partial charge in [-0.25, -0.2) is 50.5 Å². The molecule has 0 spiro atoms. The van der Waals surface area contributed by atoms with E-state index in [9.17, 15) is 31.1 Å². The molecule has 16 heteroatoms. The molecule has 6 rings (SSSR count). The minimum atomic E-state index is -0.725. The molecule has 0 aliphatic carbocycles. The van der Waals surface area contributed by atoms with Crippen LogP contribution in [0.3, 0.4) is 0 Å². The fourth-order valence-corrected chi connectivity index (χ4v) is 6.05. The van der Waals surface area contributed by atoms with Gasteiger partial charge in [-0.2, -0.15) is 10.2 Å². The predicted molar refractivity (Wildman–Crippen MR) is 220 cm³/mol. The normalized spacial score (nSPS) is 13.0. The molecule has 0 bridgehead atoms. The van der Waals surface area contributed by atoms with E-state index in [0.29, 0.717) is 22.8 Å². The monoisotopic (exact) mass is 848 g/mol. The summed E-state index contributed by atoms with van der Waals surface area (Å²) in [5, 5.41) is 11.6. The maximum Gasteiger partial charge on any atom is 0.408 e. The average Bonchev–Trinajstić information content (AvgIpc) is 3.75. The SMILES string of the molecule is CC(C)(C)OC(=O)N[C@@H](c1nc(-c2cc(F)ccc2F)nn1Cc1cccc(F)c1)C(C)(C)C.CC(C)(C)[C@@H](N)c1nc(-c2cc(F)ccc2F)nn1Cc1cccc(F)c1. The molecule has 1 amide bonds. The zero-order valence-corrected chi connectivity index (χ0v) is 35.5. The standard InChI is InChI=1S/C25H29F3N4O2.C20H21F3N4/c1-24(2,3)20(29-23(33)34-25(4,5)6)22-30-21(18-13-17(27)10-11-19(18)28)31-32(22)14-15-8-7-9-16(26)12-15;1-20(2,3)17(24)19-25-18(15-10-14(22)7-8-16(15)23)26-27(19)11-12-5-4-6-13(21)9-12/h7-13,20H,14H2,1-6H3,(H,29,33);4-10,17H,11,24H2,1-3H3/t20-;17-/m00/s1. The first-order valence-electron chi connectivity index (χ1n) is 19.4. The van der Waals surface area contributed by atoms with E-state index in [0.717, 1.165) is 36.4 Å². The summed E-state index contributed by atoms with van der Waals surface area (Å²) in [4.78, 5) is 21.5. The van der Waals surface area contributed by atoms with E-state index in [1.54, 1.807) is 45.0 Å². The van der Waals surface area contributed by atoms with Gasteiger partial charge in [0.15, 0.2) is 17.5 Å². The van der Waals surface area contributed by atoms with Gasteiger partial charge in [-0.05, 0) is 103 Å². The number of ether oxygens (including phenoxy) is 1. The van der Waals surface area contributed by atoms with Crippen molar-refractivity contribution < 1.29 is 35.9 Å². The molecule has 4 aromatic carbocycles. The van der Waals surface area contributed by atoms with Crippen molar-refractivity contribution in [3.8, 4) is 22.8 Å². The summed E-state index contributed by atoms with van der Waals surface area (Å²) < 4.78 is 91.9. The lowest BCUT2D eigenvalue weighted by Gasteiger charge is -2.31. The fourth-order valence-electron chi connectivity index (χ4n) is 6.05. The molecule has 10 nitrogen and oxygen atoms in total. The molecule has 61 heavy (non-hydrogen) atoms. The van der Waals surface area contributed by atoms with Gasteiger partial charge >= 0.3 is 6.09 Å². The zero-order valence-electron chi connectivity index (χ0n) is 35.5. The van der Waals surface area contributed by atoms with Crippen LogP contribution in [0.5, 0.6) is 0 Å². The molecular formula is C45H50F6N8O2. The number of halogens is 6. The number of amides is 1. The summed E-state index contributed by atoms with van der Waals surface area (Å²) in [5.74, 6) is -2.64. The minimum Gasteiger partial charge on any atom is -0.444 e. The lowest BCUT2D eigenvalue weighted by molar-refractivity contribution is 0.0455. The van der Waals surface area contributed by atoms with Crippen LogP contribution in [0.25, 0.3) is 22.8 Å². The number of nitrogens with one attached hydrogen (secondary N) is 1. The third-order valence-electron chi connectivity index (χ3n) is 9.18. The molecule has 0 aliphatic rings. The lowest BCUT2D eigenvalue weighted by atomic mass is 9.86. The maximum absolute atomic E-state index is 14.5. The van der Waals surface area contributed by atoms with Gasteiger partial charge in [-0.1, -0.05) is 65.8 Å². The van der Waals surface area contributed by atoms with E-state index in [4.69, 9.17) is 10.5 Å². The summed E-state index contributed by atoms with van der Waals surface area (Å²) in [6, 6.07) is 16.9. The van der Waals surface area contributed by atoms with Crippen molar-refractivity contribution in [1.82, 2.24) is 34.8 Å². The Kier molecular flexibility index (Phi) is 13.8. The highest BCUT2D eigenvalue weighted by atomic mass is 19.1. The number of alkyl carbamates (subject to hydrolysis) is 1. The molecular weight excluding hydrogens is 799 g/mol. The molecule has 0 saturated carbocycles. The number of hydrogen-bond acceptors (Lipinski definition) is 7. The first-order valence-corrected chi connectivity index (χ1v) is 19.4. The Balaban J connectivity index is 0.000000237. The van der Waals surface area contributed by atoms with Crippen LogP contribution in [0.2, 0.25) is 0 Å². The van der Waals surface area contributed by atoms with Gasteiger partial charge in [0, 0.05) is 0 Å². The zero-order chi connectivity index (χ0) is 45.0. The van der Waals surface area contributed by atoms with Gasteiger partial charge in [0.25, 0.3) is 0 Å². The topological polar surface area (TPSA) is 126 Å².